The summed E-state index contributed by atoms with van der Waals surface area (Å²) in [4.78, 5) is 0. The quantitative estimate of drug-likeness (QED) is 0.0849. The van der Waals surface area contributed by atoms with Crippen molar-refractivity contribution < 1.29 is 0 Å². The molecule has 12 atom stereocenters. The summed E-state index contributed by atoms with van der Waals surface area (Å²) in [6, 6.07) is 0. The summed E-state index contributed by atoms with van der Waals surface area (Å²) in [7, 11) is -12.9. The molecule has 0 aromatic rings. The molecule has 1 aliphatic heterocycles. The van der Waals surface area contributed by atoms with Gasteiger partial charge in [-0.15, -0.1) is 0 Å². The Labute approximate surface area is 350 Å². The SMILES string of the molecule is CCC(C)[Si]1(C(C)CC)[Si](C(C)CC)(C(C)CC)[Si](C(C)CC)(C(C)CC)[Si](C(C)CC)(C(C)CC)[Si](C(C)CC)(C(C)CC)[Si]1(C(C)CC)C(C)CC. The van der Waals surface area contributed by atoms with Gasteiger partial charge in [0.2, 0.25) is 0 Å². The fourth-order valence-corrected chi connectivity index (χ4v) is 319. The van der Waals surface area contributed by atoms with Crippen molar-refractivity contribution >= 4 is 42.7 Å². The Morgan fingerprint density at radius 3 is 0.259 bits per heavy atom. The fraction of sp³-hybridized carbons (Fsp3) is 1.00. The number of hydrogen-bond acceptors (Lipinski definition) is 0. The minimum atomic E-state index is -2.14. The normalized spacial score (nSPS) is 37.3. The second-order valence-electron chi connectivity index (χ2n) is 20.9. The van der Waals surface area contributed by atoms with Gasteiger partial charge in [-0.2, -0.15) is 0 Å². The minimum absolute atomic E-state index is 0.970. The van der Waals surface area contributed by atoms with Gasteiger partial charge < -0.3 is 0 Å². The number of hydrogen-bond donors (Lipinski definition) is 0. The monoisotopic (exact) mass is 853 g/mol. The van der Waals surface area contributed by atoms with Crippen molar-refractivity contribution in [3.05, 3.63) is 0 Å². The van der Waals surface area contributed by atoms with Crippen LogP contribution < -0.4 is 0 Å². The van der Waals surface area contributed by atoms with E-state index in [2.05, 4.69) is 166 Å². The molecule has 54 heavy (non-hydrogen) atoms. The van der Waals surface area contributed by atoms with Gasteiger partial charge in [0, 0.05) is 42.7 Å². The molecule has 1 fully saturated rings. The fourth-order valence-electron chi connectivity index (χ4n) is 18.6. The van der Waals surface area contributed by atoms with Gasteiger partial charge in [-0.3, -0.25) is 0 Å². The molecule has 0 radical (unpaired) electrons. The molecule has 1 heterocycles. The second-order valence-corrected chi connectivity index (χ2v) is 82.0. The van der Waals surface area contributed by atoms with Crippen LogP contribution in [0, 0.1) is 0 Å². The van der Waals surface area contributed by atoms with E-state index in [4.69, 9.17) is 0 Å². The molecule has 0 N–H and O–H groups in total. The molecule has 0 aromatic carbocycles. The second kappa shape index (κ2) is 21.2. The maximum atomic E-state index is 3.05. The van der Waals surface area contributed by atoms with Gasteiger partial charge in [0.1, 0.15) is 0 Å². The van der Waals surface area contributed by atoms with E-state index < -0.39 is 42.7 Å². The van der Waals surface area contributed by atoms with Crippen molar-refractivity contribution in [2.75, 3.05) is 0 Å². The van der Waals surface area contributed by atoms with Crippen LogP contribution in [0.5, 0.6) is 0 Å². The average Bonchev–Trinajstić information content (AvgIpc) is 3.20. The van der Waals surface area contributed by atoms with Gasteiger partial charge in [0.25, 0.3) is 0 Å². The maximum absolute atomic E-state index is 3.05. The molecule has 0 nitrogen and oxygen atoms in total. The lowest BCUT2D eigenvalue weighted by atomic mass is 10.3. The average molecular weight is 854 g/mol. The predicted octanol–water partition coefficient (Wildman–Crippen LogP) is 18.8. The van der Waals surface area contributed by atoms with Gasteiger partial charge in [0.15, 0.2) is 0 Å². The van der Waals surface area contributed by atoms with Crippen LogP contribution in [-0.4, -0.2) is 42.7 Å². The Balaban J connectivity index is 6.26. The Bertz CT molecular complexity index is 788. The molecule has 0 aliphatic carbocycles. The van der Waals surface area contributed by atoms with E-state index in [1.54, 1.807) is 0 Å². The van der Waals surface area contributed by atoms with Crippen LogP contribution in [0.25, 0.3) is 0 Å². The molecule has 0 amide bonds. The molecule has 1 aliphatic rings. The van der Waals surface area contributed by atoms with E-state index >= 15 is 0 Å². The highest BCUT2D eigenvalue weighted by atomic mass is 30.2. The smallest absolute Gasteiger partial charge is 0.0442 e. The Hall–Kier alpha value is 1.30. The molecule has 0 saturated carbocycles. The van der Waals surface area contributed by atoms with Crippen molar-refractivity contribution in [1.29, 1.82) is 0 Å². The first-order chi connectivity index (χ1) is 25.3. The highest BCUT2D eigenvalue weighted by Crippen LogP contribution is 2.80. The zero-order valence-electron chi connectivity index (χ0n) is 42.4. The molecule has 0 aromatic heterocycles. The van der Waals surface area contributed by atoms with Crippen LogP contribution in [0.4, 0.5) is 0 Å². The third-order valence-electron chi connectivity index (χ3n) is 20.8. The van der Waals surface area contributed by atoms with E-state index in [-0.39, 0.29) is 0 Å². The number of rotatable bonds is 24. The van der Waals surface area contributed by atoms with Gasteiger partial charge >= 0.3 is 0 Å². The zero-order chi connectivity index (χ0) is 42.4. The lowest BCUT2D eigenvalue weighted by Crippen LogP contribution is -3.12. The van der Waals surface area contributed by atoms with Crippen LogP contribution in [0.1, 0.15) is 243 Å². The third-order valence-corrected chi connectivity index (χ3v) is 171. The molecular weight excluding hydrogens is 745 g/mol. The maximum Gasteiger partial charge on any atom is 0.0442 e. The summed E-state index contributed by atoms with van der Waals surface area (Å²) in [5.41, 5.74) is 11.6. The molecule has 1 saturated heterocycles. The lowest BCUT2D eigenvalue weighted by molar-refractivity contribution is 0.694. The van der Waals surface area contributed by atoms with Crippen LogP contribution in [0.3, 0.4) is 0 Å². The Morgan fingerprint density at radius 2 is 0.222 bits per heavy atom. The minimum Gasteiger partial charge on any atom is -0.0654 e. The topological polar surface area (TPSA) is 0 Å². The molecule has 6 heteroatoms. The Kier molecular flexibility index (Phi) is 20.9. The van der Waals surface area contributed by atoms with E-state index in [9.17, 15) is 0 Å². The molecular formula is C48H108Si6. The van der Waals surface area contributed by atoms with Crippen molar-refractivity contribution in [2.45, 2.75) is 310 Å². The molecule has 0 spiro atoms. The van der Waals surface area contributed by atoms with Crippen molar-refractivity contribution in [1.82, 2.24) is 0 Å². The van der Waals surface area contributed by atoms with E-state index in [0.29, 0.717) is 0 Å². The summed E-state index contributed by atoms with van der Waals surface area (Å²) in [5, 5.41) is 0. The van der Waals surface area contributed by atoms with Crippen LogP contribution in [0.2, 0.25) is 66.5 Å². The van der Waals surface area contributed by atoms with E-state index in [1.165, 1.54) is 77.0 Å². The first-order valence-corrected chi connectivity index (χ1v) is 44.2. The lowest BCUT2D eigenvalue weighted by Gasteiger charge is -2.91. The summed E-state index contributed by atoms with van der Waals surface area (Å²) in [5.74, 6) is 0. The molecule has 12 unspecified atom stereocenters. The zero-order valence-corrected chi connectivity index (χ0v) is 48.4. The summed E-state index contributed by atoms with van der Waals surface area (Å²) < 4.78 is 0. The highest BCUT2D eigenvalue weighted by molar-refractivity contribution is 8.16. The summed E-state index contributed by atoms with van der Waals surface area (Å²) in [6.45, 7) is 69.7. The van der Waals surface area contributed by atoms with Crippen LogP contribution in [-0.2, 0) is 0 Å². The van der Waals surface area contributed by atoms with Crippen LogP contribution >= 0.6 is 0 Å². The largest absolute Gasteiger partial charge is 0.0654 e. The van der Waals surface area contributed by atoms with Gasteiger partial charge in [-0.25, -0.2) is 0 Å². The first-order valence-electron chi connectivity index (χ1n) is 25.3. The standard InChI is InChI=1S/C48H108Si6/c1-25-37(13)49(38(14)26-2)50(39(15)27-3,40(16)28-4)52(43(19)31-7,44(20)32-8)54(47(23)35-11,48(24)36-12)53(45(21)33-9,46(22)34-10)51(49,41(17)29-5)42(18)30-6/h37-48H,25-36H2,1-24H3. The van der Waals surface area contributed by atoms with E-state index in [0.717, 1.165) is 66.5 Å². The molecule has 1 rings (SSSR count). The highest BCUT2D eigenvalue weighted by Gasteiger charge is 2.95. The van der Waals surface area contributed by atoms with Crippen molar-refractivity contribution in [2.24, 2.45) is 0 Å². The van der Waals surface area contributed by atoms with Gasteiger partial charge in [-0.05, 0) is 0 Å². The summed E-state index contributed by atoms with van der Waals surface area (Å²) >= 11 is 0. The van der Waals surface area contributed by atoms with E-state index in [1.807, 2.05) is 0 Å². The van der Waals surface area contributed by atoms with Gasteiger partial charge in [-0.1, -0.05) is 310 Å². The van der Waals surface area contributed by atoms with Crippen molar-refractivity contribution in [3.8, 4) is 0 Å². The first kappa shape index (κ1) is 53.3. The Morgan fingerprint density at radius 1 is 0.167 bits per heavy atom. The third kappa shape index (κ3) is 6.37. The van der Waals surface area contributed by atoms with Crippen LogP contribution in [0.15, 0.2) is 0 Å². The summed E-state index contributed by atoms with van der Waals surface area (Å²) in [6.07, 6.45) is 17.6. The molecule has 0 bridgehead atoms. The van der Waals surface area contributed by atoms with Crippen molar-refractivity contribution in [3.63, 3.8) is 0 Å². The predicted molar refractivity (Wildman–Crippen MR) is 271 cm³/mol. The van der Waals surface area contributed by atoms with Gasteiger partial charge in [0.05, 0.1) is 0 Å². The molecule has 324 valence electrons.